The number of carbonyl (C=O) groups is 2. The summed E-state index contributed by atoms with van der Waals surface area (Å²) in [5.74, 6) is -2.91. The SMILES string of the molecule is Cc1cc(C)n(CCNC(=O)OCC2CNCC(CCc3c(F)cncc3NC(=O)C(N)C(c3ccc(F)cc3)c3ccc(F)cc3)O2)n1. The van der Waals surface area contributed by atoms with E-state index in [4.69, 9.17) is 15.2 Å². The third-order valence-electron chi connectivity index (χ3n) is 8.32. The number of halogens is 3. The zero-order valence-electron chi connectivity index (χ0n) is 27.3. The lowest BCUT2D eigenvalue weighted by atomic mass is 9.85. The summed E-state index contributed by atoms with van der Waals surface area (Å²) in [4.78, 5) is 29.7. The minimum absolute atomic E-state index is 0.0291. The van der Waals surface area contributed by atoms with Crippen LogP contribution in [0.1, 0.15) is 40.4 Å². The molecule has 1 aliphatic rings. The van der Waals surface area contributed by atoms with Gasteiger partial charge in [0.1, 0.15) is 30.2 Å². The van der Waals surface area contributed by atoms with Crippen LogP contribution in [0, 0.1) is 31.3 Å². The number of rotatable bonds is 13. The molecule has 5 rings (SSSR count). The second-order valence-electron chi connectivity index (χ2n) is 12.0. The number of hydrogen-bond donors (Lipinski definition) is 4. The fraction of sp³-hybridized carbons (Fsp3) is 0.371. The number of anilines is 1. The maximum absolute atomic E-state index is 15.1. The summed E-state index contributed by atoms with van der Waals surface area (Å²) >= 11 is 0. The van der Waals surface area contributed by atoms with Gasteiger partial charge in [-0.3, -0.25) is 14.5 Å². The number of nitrogens with one attached hydrogen (secondary N) is 3. The molecule has 14 heteroatoms. The second kappa shape index (κ2) is 16.5. The Morgan fingerprint density at radius 2 is 1.67 bits per heavy atom. The first-order valence-corrected chi connectivity index (χ1v) is 16.0. The zero-order valence-corrected chi connectivity index (χ0v) is 27.3. The number of nitrogens with two attached hydrogens (primary N) is 1. The van der Waals surface area contributed by atoms with Crippen molar-refractivity contribution in [2.24, 2.45) is 5.73 Å². The Bertz CT molecular complexity index is 1670. The molecule has 0 bridgehead atoms. The smallest absolute Gasteiger partial charge is 0.407 e. The molecule has 4 aromatic rings. The van der Waals surface area contributed by atoms with E-state index in [1.807, 2.05) is 24.6 Å². The molecule has 2 aromatic carbocycles. The average Bonchev–Trinajstić information content (AvgIpc) is 3.41. The topological polar surface area (TPSA) is 145 Å². The van der Waals surface area contributed by atoms with Gasteiger partial charge in [-0.2, -0.15) is 5.10 Å². The maximum atomic E-state index is 15.1. The average molecular weight is 680 g/mol. The van der Waals surface area contributed by atoms with Crippen LogP contribution in [0.5, 0.6) is 0 Å². The maximum Gasteiger partial charge on any atom is 0.407 e. The molecule has 0 saturated carbocycles. The summed E-state index contributed by atoms with van der Waals surface area (Å²) in [5.41, 5.74) is 9.84. The quantitative estimate of drug-likeness (QED) is 0.165. The highest BCUT2D eigenvalue weighted by atomic mass is 19.1. The van der Waals surface area contributed by atoms with Crippen molar-refractivity contribution in [3.63, 3.8) is 0 Å². The molecule has 1 fully saturated rings. The highest BCUT2D eigenvalue weighted by Crippen LogP contribution is 2.29. The van der Waals surface area contributed by atoms with Crippen LogP contribution in [-0.2, 0) is 27.2 Å². The van der Waals surface area contributed by atoms with Crippen molar-refractivity contribution in [2.75, 3.05) is 31.6 Å². The number of aromatic nitrogens is 3. The van der Waals surface area contributed by atoms with Gasteiger partial charge in [0.25, 0.3) is 0 Å². The minimum atomic E-state index is -1.20. The summed E-state index contributed by atoms with van der Waals surface area (Å²) in [7, 11) is 0. The molecule has 0 aliphatic carbocycles. The Kier molecular flexibility index (Phi) is 12.0. The third kappa shape index (κ3) is 9.65. The number of morpholine rings is 1. The summed E-state index contributed by atoms with van der Waals surface area (Å²) in [6.07, 6.45) is 1.71. The van der Waals surface area contributed by atoms with Crippen molar-refractivity contribution in [3.8, 4) is 0 Å². The van der Waals surface area contributed by atoms with Crippen LogP contribution in [0.4, 0.5) is 23.7 Å². The monoisotopic (exact) mass is 679 g/mol. The predicted octanol–water partition coefficient (Wildman–Crippen LogP) is 4.13. The highest BCUT2D eigenvalue weighted by molar-refractivity contribution is 5.96. The largest absolute Gasteiger partial charge is 0.447 e. The molecule has 5 N–H and O–H groups in total. The number of hydrogen-bond acceptors (Lipinski definition) is 8. The van der Waals surface area contributed by atoms with E-state index >= 15 is 4.39 Å². The van der Waals surface area contributed by atoms with Gasteiger partial charge in [-0.05, 0) is 68.1 Å². The molecular weight excluding hydrogens is 639 g/mol. The van der Waals surface area contributed by atoms with Gasteiger partial charge < -0.3 is 31.2 Å². The number of alkyl carbamates (subject to hydrolysis) is 1. The van der Waals surface area contributed by atoms with Crippen molar-refractivity contribution in [2.45, 2.75) is 57.4 Å². The van der Waals surface area contributed by atoms with E-state index in [-0.39, 0.29) is 30.4 Å². The van der Waals surface area contributed by atoms with Gasteiger partial charge in [-0.15, -0.1) is 0 Å². The van der Waals surface area contributed by atoms with Gasteiger partial charge in [0.15, 0.2) is 0 Å². The molecule has 2 aromatic heterocycles. The van der Waals surface area contributed by atoms with Gasteiger partial charge in [-0.1, -0.05) is 24.3 Å². The number of pyridine rings is 1. The van der Waals surface area contributed by atoms with Crippen LogP contribution in [0.2, 0.25) is 0 Å². The molecule has 49 heavy (non-hydrogen) atoms. The Morgan fingerprint density at radius 3 is 2.31 bits per heavy atom. The van der Waals surface area contributed by atoms with Gasteiger partial charge in [0.05, 0.1) is 42.5 Å². The first kappa shape index (κ1) is 35.5. The molecule has 3 atom stereocenters. The van der Waals surface area contributed by atoms with E-state index in [0.29, 0.717) is 43.7 Å². The molecule has 3 unspecified atom stereocenters. The van der Waals surface area contributed by atoms with Crippen LogP contribution in [0.25, 0.3) is 0 Å². The lowest BCUT2D eigenvalue weighted by Gasteiger charge is -2.31. The fourth-order valence-electron chi connectivity index (χ4n) is 5.87. The Hall–Kier alpha value is -4.79. The number of ether oxygens (including phenoxy) is 2. The van der Waals surface area contributed by atoms with Gasteiger partial charge in [0.2, 0.25) is 5.91 Å². The van der Waals surface area contributed by atoms with Crippen LogP contribution in [0.15, 0.2) is 67.0 Å². The van der Waals surface area contributed by atoms with Crippen molar-refractivity contribution in [1.29, 1.82) is 0 Å². The highest BCUT2D eigenvalue weighted by Gasteiger charge is 2.29. The first-order valence-electron chi connectivity index (χ1n) is 16.0. The van der Waals surface area contributed by atoms with E-state index in [2.05, 4.69) is 26.0 Å². The Balaban J connectivity index is 1.16. The minimum Gasteiger partial charge on any atom is -0.447 e. The fourth-order valence-corrected chi connectivity index (χ4v) is 5.87. The van der Waals surface area contributed by atoms with Gasteiger partial charge in [0, 0.05) is 36.8 Å². The molecule has 1 aliphatic heterocycles. The molecule has 11 nitrogen and oxygen atoms in total. The van der Waals surface area contributed by atoms with Gasteiger partial charge >= 0.3 is 6.09 Å². The Morgan fingerprint density at radius 1 is 1.02 bits per heavy atom. The molecule has 3 heterocycles. The molecule has 0 radical (unpaired) electrons. The predicted molar refractivity (Wildman–Crippen MR) is 176 cm³/mol. The van der Waals surface area contributed by atoms with E-state index < -0.39 is 47.5 Å². The van der Waals surface area contributed by atoms with Crippen LogP contribution in [0.3, 0.4) is 0 Å². The van der Waals surface area contributed by atoms with Crippen molar-refractivity contribution in [1.82, 2.24) is 25.4 Å². The van der Waals surface area contributed by atoms with Crippen molar-refractivity contribution < 1.29 is 32.2 Å². The first-order chi connectivity index (χ1) is 23.6. The standard InChI is InChI=1S/C35H40F3N7O4/c1-21-15-22(2)45(44-21)14-13-42-35(47)48-20-28-17-40-16-27(49-28)11-12-29-30(38)18-41-19-31(29)43-34(46)33(39)32(23-3-7-25(36)8-4-23)24-5-9-26(37)10-6-24/h3-10,15,18-19,27-28,32-33,40H,11-14,16-17,20,39H2,1-2H3,(H,42,47)(H,43,46). The third-order valence-corrected chi connectivity index (χ3v) is 8.32. The number of nitrogens with zero attached hydrogens (tertiary/aromatic N) is 3. The molecule has 2 amide bonds. The number of benzene rings is 2. The number of amides is 2. The van der Waals surface area contributed by atoms with E-state index in [0.717, 1.165) is 17.6 Å². The number of carbonyl (C=O) groups excluding carboxylic acids is 2. The van der Waals surface area contributed by atoms with E-state index in [1.165, 1.54) is 54.7 Å². The number of aryl methyl sites for hydroxylation is 2. The van der Waals surface area contributed by atoms with Gasteiger partial charge in [-0.25, -0.2) is 18.0 Å². The summed E-state index contributed by atoms with van der Waals surface area (Å²) in [5, 5.41) is 13.0. The lowest BCUT2D eigenvalue weighted by molar-refractivity contribution is -0.117. The molecular formula is C35H40F3N7O4. The van der Waals surface area contributed by atoms with Crippen LogP contribution >= 0.6 is 0 Å². The normalized spacial score (nSPS) is 16.7. The Labute approximate surface area is 282 Å². The van der Waals surface area contributed by atoms with Crippen LogP contribution < -0.4 is 21.7 Å². The molecule has 260 valence electrons. The molecule has 1 saturated heterocycles. The second-order valence-corrected chi connectivity index (χ2v) is 12.0. The van der Waals surface area contributed by atoms with Crippen LogP contribution in [-0.4, -0.2) is 71.3 Å². The summed E-state index contributed by atoms with van der Waals surface area (Å²) in [6, 6.07) is 11.8. The summed E-state index contributed by atoms with van der Waals surface area (Å²) < 4.78 is 55.8. The van der Waals surface area contributed by atoms with Crippen molar-refractivity contribution in [3.05, 3.63) is 113 Å². The van der Waals surface area contributed by atoms with E-state index in [9.17, 15) is 18.4 Å². The molecule has 0 spiro atoms. The van der Waals surface area contributed by atoms with Crippen molar-refractivity contribution >= 4 is 17.7 Å². The lowest BCUT2D eigenvalue weighted by Crippen LogP contribution is -2.47. The summed E-state index contributed by atoms with van der Waals surface area (Å²) in [6.45, 7) is 5.73. The zero-order chi connectivity index (χ0) is 34.9. The van der Waals surface area contributed by atoms with E-state index in [1.54, 1.807) is 0 Å².